The zero-order valence-corrected chi connectivity index (χ0v) is 25.5. The van der Waals surface area contributed by atoms with Gasteiger partial charge >= 0.3 is 6.18 Å². The van der Waals surface area contributed by atoms with Crippen molar-refractivity contribution in [1.29, 1.82) is 0 Å². The van der Waals surface area contributed by atoms with E-state index in [2.05, 4.69) is 34.4 Å². The molecular weight excluding hydrogens is 599 g/mol. The summed E-state index contributed by atoms with van der Waals surface area (Å²) < 4.78 is 74.2. The molecule has 1 fully saturated rings. The minimum absolute atomic E-state index is 0.0395. The summed E-state index contributed by atoms with van der Waals surface area (Å²) in [5.74, 6) is 5.96. The normalized spacial score (nSPS) is 14.9. The largest absolute Gasteiger partial charge is 0.495 e. The highest BCUT2D eigenvalue weighted by molar-refractivity contribution is 7.89. The average Bonchev–Trinajstić information content (AvgIpc) is 3.32. The van der Waals surface area contributed by atoms with Crippen molar-refractivity contribution in [3.63, 3.8) is 0 Å². The van der Waals surface area contributed by atoms with Crippen molar-refractivity contribution < 1.29 is 36.5 Å². The highest BCUT2D eigenvalue weighted by Gasteiger charge is 2.30. The van der Waals surface area contributed by atoms with E-state index in [1.807, 2.05) is 6.07 Å². The first-order chi connectivity index (χ1) is 21.0. The van der Waals surface area contributed by atoms with Crippen molar-refractivity contribution in [2.24, 2.45) is 0 Å². The number of piperidine rings is 1. The summed E-state index contributed by atoms with van der Waals surface area (Å²) >= 11 is 0. The van der Waals surface area contributed by atoms with E-state index in [0.717, 1.165) is 35.9 Å². The van der Waals surface area contributed by atoms with Crippen molar-refractivity contribution in [3.8, 4) is 17.6 Å². The van der Waals surface area contributed by atoms with Gasteiger partial charge < -0.3 is 35.1 Å². The van der Waals surface area contributed by atoms with Crippen LogP contribution in [0.4, 0.5) is 24.5 Å². The molecular formula is C30H38F3N5O5S. The Morgan fingerprint density at radius 1 is 1.07 bits per heavy atom. The van der Waals surface area contributed by atoms with E-state index >= 15 is 0 Å². The molecule has 0 aliphatic carbocycles. The summed E-state index contributed by atoms with van der Waals surface area (Å²) in [4.78, 5) is 2.16. The van der Waals surface area contributed by atoms with Gasteiger partial charge in [-0.05, 0) is 69.2 Å². The summed E-state index contributed by atoms with van der Waals surface area (Å²) in [6, 6.07) is 11.3. The number of nitrogens with one attached hydrogen (secondary N) is 2. The van der Waals surface area contributed by atoms with Gasteiger partial charge in [-0.25, -0.2) is 8.42 Å². The molecule has 240 valence electrons. The molecule has 0 amide bonds. The fourth-order valence-corrected chi connectivity index (χ4v) is 6.65. The number of halogens is 3. The molecule has 1 aromatic heterocycles. The van der Waals surface area contributed by atoms with Crippen molar-refractivity contribution >= 4 is 32.3 Å². The Kier molecular flexibility index (Phi) is 11.0. The first-order valence-electron chi connectivity index (χ1n) is 14.2. The lowest BCUT2D eigenvalue weighted by molar-refractivity contribution is -0.140. The van der Waals surface area contributed by atoms with E-state index in [-0.39, 0.29) is 42.0 Å². The van der Waals surface area contributed by atoms with Gasteiger partial charge in [0.05, 0.1) is 48.7 Å². The number of hydrogen-bond acceptors (Lipinski definition) is 8. The van der Waals surface area contributed by atoms with Crippen molar-refractivity contribution in [2.75, 3.05) is 70.7 Å². The van der Waals surface area contributed by atoms with E-state index in [1.54, 1.807) is 18.2 Å². The maximum Gasteiger partial charge on any atom is 0.406 e. The first kappa shape index (κ1) is 33.4. The Labute approximate surface area is 255 Å². The maximum atomic E-state index is 13.6. The number of aliphatic hydroxyl groups is 2. The monoisotopic (exact) mass is 637 g/mol. The molecule has 0 bridgehead atoms. The number of nitrogens with zero attached hydrogens (tertiary/aromatic N) is 3. The number of benzene rings is 2. The number of ether oxygens (including phenoxy) is 1. The van der Waals surface area contributed by atoms with Crippen LogP contribution in [-0.4, -0.2) is 105 Å². The van der Waals surface area contributed by atoms with Gasteiger partial charge in [-0.15, -0.1) is 0 Å². The van der Waals surface area contributed by atoms with Crippen LogP contribution in [0, 0.1) is 11.8 Å². The number of alkyl halides is 3. The smallest absolute Gasteiger partial charge is 0.406 e. The lowest BCUT2D eigenvalue weighted by atomic mass is 10.0. The number of fused-ring (bicyclic) bond motifs is 1. The van der Waals surface area contributed by atoms with Crippen LogP contribution in [0.25, 0.3) is 10.9 Å². The molecule has 1 saturated heterocycles. The molecule has 4 rings (SSSR count). The fraction of sp³-hybridized carbons (Fsp3) is 0.467. The molecule has 4 N–H and O–H groups in total. The summed E-state index contributed by atoms with van der Waals surface area (Å²) in [5, 5.41) is 25.7. The van der Waals surface area contributed by atoms with Gasteiger partial charge in [0.2, 0.25) is 10.0 Å². The van der Waals surface area contributed by atoms with Gasteiger partial charge in [0, 0.05) is 36.3 Å². The first-order valence-corrected chi connectivity index (χ1v) is 15.7. The number of hydrogen-bond donors (Lipinski definition) is 4. The van der Waals surface area contributed by atoms with Crippen molar-refractivity contribution in [1.82, 2.24) is 13.8 Å². The number of aromatic nitrogens is 1. The second kappa shape index (κ2) is 14.5. The molecule has 0 atom stereocenters. The second-order valence-electron chi connectivity index (χ2n) is 10.6. The van der Waals surface area contributed by atoms with Crippen LogP contribution in [0.1, 0.15) is 18.5 Å². The van der Waals surface area contributed by atoms with Gasteiger partial charge in [0.1, 0.15) is 12.3 Å². The average molecular weight is 638 g/mol. The maximum absolute atomic E-state index is 13.6. The van der Waals surface area contributed by atoms with E-state index in [4.69, 9.17) is 4.74 Å². The number of sulfonamides is 1. The molecule has 10 nitrogen and oxygen atoms in total. The minimum atomic E-state index is -4.45. The highest BCUT2D eigenvalue weighted by atomic mass is 32.2. The molecule has 0 saturated carbocycles. The van der Waals surface area contributed by atoms with Crippen molar-refractivity contribution in [3.05, 3.63) is 48.2 Å². The third-order valence-corrected chi connectivity index (χ3v) is 9.35. The topological polar surface area (TPSA) is 119 Å². The van der Waals surface area contributed by atoms with E-state index in [1.165, 1.54) is 29.9 Å². The lowest BCUT2D eigenvalue weighted by Gasteiger charge is -2.30. The molecule has 44 heavy (non-hydrogen) atoms. The van der Waals surface area contributed by atoms with Crippen LogP contribution in [0.2, 0.25) is 0 Å². The number of methoxy groups -OCH3 is 1. The predicted molar refractivity (Wildman–Crippen MR) is 163 cm³/mol. The molecule has 0 spiro atoms. The Hall–Kier alpha value is -3.48. The third-order valence-electron chi connectivity index (χ3n) is 7.45. The quantitative estimate of drug-likeness (QED) is 0.224. The fourth-order valence-electron chi connectivity index (χ4n) is 5.21. The molecule has 0 radical (unpaired) electrons. The van der Waals surface area contributed by atoms with Crippen LogP contribution in [0.3, 0.4) is 0 Å². The molecule has 14 heteroatoms. The SMILES string of the molecule is COc1cc(S(=O)(=O)N(CCO)CCO)ccc1NCC#Cc1cc2c(NC3CCN(C)CC3)cccc2n1CC(F)(F)F. The number of likely N-dealkylation sites (tertiary alicyclic amines) is 1. The Morgan fingerprint density at radius 3 is 2.41 bits per heavy atom. The van der Waals surface area contributed by atoms with E-state index in [9.17, 15) is 31.8 Å². The van der Waals surface area contributed by atoms with E-state index < -0.39 is 36.0 Å². The summed E-state index contributed by atoms with van der Waals surface area (Å²) in [5.41, 5.74) is 1.86. The van der Waals surface area contributed by atoms with Crippen LogP contribution >= 0.6 is 0 Å². The van der Waals surface area contributed by atoms with Crippen molar-refractivity contribution in [2.45, 2.75) is 36.5 Å². The molecule has 2 aromatic carbocycles. The zero-order valence-electron chi connectivity index (χ0n) is 24.7. The third kappa shape index (κ3) is 8.16. The Bertz CT molecular complexity index is 1590. The Morgan fingerprint density at radius 2 is 1.77 bits per heavy atom. The minimum Gasteiger partial charge on any atom is -0.495 e. The van der Waals surface area contributed by atoms with Crippen LogP contribution in [0.15, 0.2) is 47.4 Å². The van der Waals surface area contributed by atoms with Gasteiger partial charge in [0.25, 0.3) is 0 Å². The van der Waals surface area contributed by atoms with Gasteiger partial charge in [0.15, 0.2) is 0 Å². The lowest BCUT2D eigenvalue weighted by Crippen LogP contribution is -2.36. The summed E-state index contributed by atoms with van der Waals surface area (Å²) in [6.45, 7) is -0.428. The molecule has 1 aliphatic heterocycles. The van der Waals surface area contributed by atoms with Crippen LogP contribution in [-0.2, 0) is 16.6 Å². The van der Waals surface area contributed by atoms with E-state index in [0.29, 0.717) is 16.6 Å². The molecule has 0 unspecified atom stereocenters. The molecule has 2 heterocycles. The van der Waals surface area contributed by atoms with Crippen LogP contribution in [0.5, 0.6) is 5.75 Å². The Balaban J connectivity index is 1.56. The van der Waals surface area contributed by atoms with Gasteiger partial charge in [-0.2, -0.15) is 17.5 Å². The predicted octanol–water partition coefficient (Wildman–Crippen LogP) is 3.16. The molecule has 1 aliphatic rings. The number of anilines is 2. The number of rotatable bonds is 12. The summed E-state index contributed by atoms with van der Waals surface area (Å²) in [7, 11) is -0.572. The zero-order chi connectivity index (χ0) is 31.9. The molecule has 3 aromatic rings. The second-order valence-corrected chi connectivity index (χ2v) is 12.5. The van der Waals surface area contributed by atoms with Gasteiger partial charge in [-0.3, -0.25) is 0 Å². The highest BCUT2D eigenvalue weighted by Crippen LogP contribution is 2.32. The van der Waals surface area contributed by atoms with Gasteiger partial charge in [-0.1, -0.05) is 12.0 Å². The summed E-state index contributed by atoms with van der Waals surface area (Å²) in [6.07, 6.45) is -2.57. The standard InChI is InChI=1S/C30H38F3N5O5S/c1-36-13-10-22(11-14-36)35-26-6-3-7-28-25(26)19-23(38(28)21-30(31,32)33)5-4-12-34-27-9-8-24(20-29(27)43-2)44(41,42)37(15-17-39)16-18-40/h3,6-9,19-20,22,34-35,39-40H,10-18,21H2,1-2H3. The van der Waals surface area contributed by atoms with Crippen LogP contribution < -0.4 is 15.4 Å². The number of aliphatic hydroxyl groups excluding tert-OH is 2.